The topological polar surface area (TPSA) is 49.3 Å². The Balaban J connectivity index is 0.00000288. The van der Waals surface area contributed by atoms with Gasteiger partial charge in [-0.15, -0.1) is 35.3 Å². The zero-order valence-corrected chi connectivity index (χ0v) is 15.7. The molecule has 24 heavy (non-hydrogen) atoms. The number of guanidine groups is 1. The van der Waals surface area contributed by atoms with Gasteiger partial charge in [0, 0.05) is 24.5 Å². The molecule has 2 rings (SSSR count). The van der Waals surface area contributed by atoms with Crippen molar-refractivity contribution in [3.8, 4) is 0 Å². The van der Waals surface area contributed by atoms with Crippen molar-refractivity contribution in [3.05, 3.63) is 51.7 Å². The number of aliphatic imine (C=N–C) groups is 1. The number of nitrogens with one attached hydrogen (secondary N) is 2. The van der Waals surface area contributed by atoms with Crippen molar-refractivity contribution >= 4 is 41.3 Å². The minimum atomic E-state index is -4.44. The van der Waals surface area contributed by atoms with Gasteiger partial charge in [-0.3, -0.25) is 4.99 Å². The van der Waals surface area contributed by atoms with E-state index in [1.807, 2.05) is 0 Å². The highest BCUT2D eigenvalue weighted by Gasteiger charge is 2.33. The molecule has 1 aromatic heterocycles. The molecule has 0 spiro atoms. The molecule has 0 saturated carbocycles. The van der Waals surface area contributed by atoms with E-state index in [1.165, 1.54) is 13.1 Å². The zero-order valence-electron chi connectivity index (χ0n) is 12.5. The smallest absolute Gasteiger partial charge is 0.352 e. The molecule has 2 aromatic rings. The number of hydrogen-bond acceptors (Lipinski definition) is 3. The second-order valence-corrected chi connectivity index (χ2v) is 5.44. The van der Waals surface area contributed by atoms with Crippen LogP contribution in [-0.2, 0) is 19.3 Å². The molecular formula is C14H15F4IN4S. The Kier molecular flexibility index (Phi) is 7.87. The van der Waals surface area contributed by atoms with Crippen molar-refractivity contribution in [1.29, 1.82) is 0 Å². The molecule has 0 fully saturated rings. The second-order valence-electron chi connectivity index (χ2n) is 4.49. The normalized spacial score (nSPS) is 11.8. The van der Waals surface area contributed by atoms with Gasteiger partial charge in [-0.25, -0.2) is 9.37 Å². The van der Waals surface area contributed by atoms with Crippen molar-refractivity contribution < 1.29 is 17.6 Å². The third-order valence-corrected chi connectivity index (χ3v) is 3.73. The van der Waals surface area contributed by atoms with E-state index in [0.29, 0.717) is 11.5 Å². The molecule has 0 bridgehead atoms. The third-order valence-electron chi connectivity index (χ3n) is 2.88. The van der Waals surface area contributed by atoms with E-state index in [1.54, 1.807) is 18.2 Å². The van der Waals surface area contributed by atoms with Crippen LogP contribution in [0.2, 0.25) is 0 Å². The van der Waals surface area contributed by atoms with E-state index < -0.39 is 11.9 Å². The lowest BCUT2D eigenvalue weighted by atomic mass is 10.2. The first-order chi connectivity index (χ1) is 10.9. The maximum Gasteiger partial charge on any atom is 0.434 e. The molecule has 0 unspecified atom stereocenters. The molecule has 0 saturated heterocycles. The average molecular weight is 474 g/mol. The van der Waals surface area contributed by atoms with Gasteiger partial charge in [0.1, 0.15) is 10.8 Å². The van der Waals surface area contributed by atoms with Crippen LogP contribution in [0.5, 0.6) is 0 Å². The number of halogens is 5. The van der Waals surface area contributed by atoms with E-state index in [-0.39, 0.29) is 47.9 Å². The number of benzene rings is 1. The van der Waals surface area contributed by atoms with Crippen LogP contribution >= 0.6 is 35.3 Å². The van der Waals surface area contributed by atoms with Crippen LogP contribution in [0.25, 0.3) is 0 Å². The molecule has 1 heterocycles. The first kappa shape index (κ1) is 20.6. The van der Waals surface area contributed by atoms with E-state index in [4.69, 9.17) is 0 Å². The number of nitrogens with zero attached hydrogens (tertiary/aromatic N) is 2. The predicted octanol–water partition coefficient (Wildman–Crippen LogP) is 3.78. The van der Waals surface area contributed by atoms with Crippen LogP contribution in [0.3, 0.4) is 0 Å². The Morgan fingerprint density at radius 2 is 1.88 bits per heavy atom. The van der Waals surface area contributed by atoms with Gasteiger partial charge in [-0.1, -0.05) is 18.2 Å². The number of rotatable bonds is 4. The largest absolute Gasteiger partial charge is 0.434 e. The van der Waals surface area contributed by atoms with Crippen molar-refractivity contribution in [2.45, 2.75) is 19.3 Å². The number of thiazole rings is 1. The summed E-state index contributed by atoms with van der Waals surface area (Å²) in [4.78, 5) is 7.44. The Morgan fingerprint density at radius 1 is 1.21 bits per heavy atom. The summed E-state index contributed by atoms with van der Waals surface area (Å²) in [6.45, 7) is 0.301. The maximum absolute atomic E-state index is 13.5. The molecule has 0 amide bonds. The van der Waals surface area contributed by atoms with Gasteiger partial charge in [0.15, 0.2) is 11.7 Å². The molecule has 1 aromatic carbocycles. The zero-order chi connectivity index (χ0) is 16.9. The Morgan fingerprint density at radius 3 is 2.46 bits per heavy atom. The average Bonchev–Trinajstić information content (AvgIpc) is 2.98. The standard InChI is InChI=1S/C14H14F4N4S.HI/c1-19-13(20-6-9-4-2-3-5-10(9)15)21-7-12-22-11(8-23-12)14(16,17)18;/h2-5,8H,6-7H2,1H3,(H2,19,20,21);1H. The van der Waals surface area contributed by atoms with E-state index in [9.17, 15) is 17.6 Å². The van der Waals surface area contributed by atoms with Gasteiger partial charge in [0.25, 0.3) is 0 Å². The molecule has 0 radical (unpaired) electrons. The van der Waals surface area contributed by atoms with Gasteiger partial charge in [-0.2, -0.15) is 13.2 Å². The minimum Gasteiger partial charge on any atom is -0.352 e. The summed E-state index contributed by atoms with van der Waals surface area (Å²) >= 11 is 0.909. The highest BCUT2D eigenvalue weighted by Crippen LogP contribution is 2.29. The minimum absolute atomic E-state index is 0. The molecule has 0 aliphatic heterocycles. The van der Waals surface area contributed by atoms with Gasteiger partial charge in [0.05, 0.1) is 6.54 Å². The van der Waals surface area contributed by atoms with Crippen LogP contribution in [-0.4, -0.2) is 18.0 Å². The maximum atomic E-state index is 13.5. The Hall–Kier alpha value is -1.43. The van der Waals surface area contributed by atoms with Crippen molar-refractivity contribution in [2.24, 2.45) is 4.99 Å². The van der Waals surface area contributed by atoms with Crippen LogP contribution in [0.1, 0.15) is 16.3 Å². The SMILES string of the molecule is CN=C(NCc1nc(C(F)(F)F)cs1)NCc1ccccc1F.I. The molecule has 0 aliphatic carbocycles. The molecule has 2 N–H and O–H groups in total. The van der Waals surface area contributed by atoms with Gasteiger partial charge < -0.3 is 10.6 Å². The molecule has 10 heteroatoms. The molecule has 4 nitrogen and oxygen atoms in total. The van der Waals surface area contributed by atoms with E-state index in [2.05, 4.69) is 20.6 Å². The van der Waals surface area contributed by atoms with Crippen LogP contribution in [0.4, 0.5) is 17.6 Å². The molecular weight excluding hydrogens is 459 g/mol. The first-order valence-corrected chi connectivity index (χ1v) is 7.47. The van der Waals surface area contributed by atoms with Crippen molar-refractivity contribution in [3.63, 3.8) is 0 Å². The fraction of sp³-hybridized carbons (Fsp3) is 0.286. The summed E-state index contributed by atoms with van der Waals surface area (Å²) in [5.74, 6) is 0.00204. The number of alkyl halides is 3. The highest BCUT2D eigenvalue weighted by atomic mass is 127. The lowest BCUT2D eigenvalue weighted by molar-refractivity contribution is -0.140. The third kappa shape index (κ3) is 5.89. The lowest BCUT2D eigenvalue weighted by Crippen LogP contribution is -2.36. The lowest BCUT2D eigenvalue weighted by Gasteiger charge is -2.11. The fourth-order valence-corrected chi connectivity index (χ4v) is 2.46. The van der Waals surface area contributed by atoms with Crippen LogP contribution in [0.15, 0.2) is 34.6 Å². The summed E-state index contributed by atoms with van der Waals surface area (Å²) in [5, 5.41) is 6.97. The molecule has 132 valence electrons. The van der Waals surface area contributed by atoms with Gasteiger partial charge in [0.2, 0.25) is 0 Å². The summed E-state index contributed by atoms with van der Waals surface area (Å²) < 4.78 is 50.9. The van der Waals surface area contributed by atoms with Gasteiger partial charge >= 0.3 is 6.18 Å². The van der Waals surface area contributed by atoms with Gasteiger partial charge in [-0.05, 0) is 6.07 Å². The number of aromatic nitrogens is 1. The highest BCUT2D eigenvalue weighted by molar-refractivity contribution is 14.0. The Labute approximate surface area is 157 Å². The predicted molar refractivity (Wildman–Crippen MR) is 96.0 cm³/mol. The fourth-order valence-electron chi connectivity index (χ4n) is 1.72. The Bertz CT molecular complexity index is 687. The second kappa shape index (κ2) is 9.16. The van der Waals surface area contributed by atoms with Crippen LogP contribution < -0.4 is 10.6 Å². The summed E-state index contributed by atoms with van der Waals surface area (Å²) in [6, 6.07) is 6.28. The molecule has 0 aliphatic rings. The van der Waals surface area contributed by atoms with E-state index in [0.717, 1.165) is 16.7 Å². The van der Waals surface area contributed by atoms with Crippen LogP contribution in [0, 0.1) is 5.82 Å². The quantitative estimate of drug-likeness (QED) is 0.307. The summed E-state index contributed by atoms with van der Waals surface area (Å²) in [5.41, 5.74) is -0.447. The summed E-state index contributed by atoms with van der Waals surface area (Å²) in [6.07, 6.45) is -4.44. The van der Waals surface area contributed by atoms with E-state index >= 15 is 0 Å². The monoisotopic (exact) mass is 474 g/mol. The van der Waals surface area contributed by atoms with Crippen molar-refractivity contribution in [2.75, 3.05) is 7.05 Å². The molecule has 0 atom stereocenters. The first-order valence-electron chi connectivity index (χ1n) is 6.59. The summed E-state index contributed by atoms with van der Waals surface area (Å²) in [7, 11) is 1.51. The van der Waals surface area contributed by atoms with Crippen molar-refractivity contribution in [1.82, 2.24) is 15.6 Å². The number of hydrogen-bond donors (Lipinski definition) is 2.